The molecule has 0 aliphatic carbocycles. The lowest BCUT2D eigenvalue weighted by Gasteiger charge is -2.10. The summed E-state index contributed by atoms with van der Waals surface area (Å²) in [5.41, 5.74) is 0.703. The number of aromatic nitrogens is 3. The van der Waals surface area contributed by atoms with E-state index in [1.165, 1.54) is 12.3 Å². The van der Waals surface area contributed by atoms with Crippen molar-refractivity contribution < 1.29 is 4.39 Å². The first-order chi connectivity index (χ1) is 7.18. The predicted molar refractivity (Wildman–Crippen MR) is 55.8 cm³/mol. The van der Waals surface area contributed by atoms with Gasteiger partial charge in [-0.05, 0) is 19.9 Å². The highest BCUT2D eigenvalue weighted by atomic mass is 19.1. The zero-order valence-electron chi connectivity index (χ0n) is 8.68. The van der Waals surface area contributed by atoms with E-state index < -0.39 is 0 Å². The Kier molecular flexibility index (Phi) is 2.49. The minimum Gasteiger partial charge on any atom is -0.328 e. The second-order valence-electron chi connectivity index (χ2n) is 3.64. The topological polar surface area (TPSA) is 30.7 Å². The largest absolute Gasteiger partial charge is 0.328 e. The van der Waals surface area contributed by atoms with E-state index in [2.05, 4.69) is 23.8 Å². The van der Waals surface area contributed by atoms with Crippen molar-refractivity contribution >= 4 is 0 Å². The lowest BCUT2D eigenvalue weighted by molar-refractivity contribution is 0.603. The summed E-state index contributed by atoms with van der Waals surface area (Å²) in [6.07, 6.45) is 6.39. The molecule has 0 aliphatic rings. The molecule has 0 atom stereocenters. The van der Waals surface area contributed by atoms with Gasteiger partial charge in [-0.2, -0.15) is 0 Å². The smallest absolute Gasteiger partial charge is 0.142 e. The first kappa shape index (κ1) is 9.83. The van der Waals surface area contributed by atoms with Gasteiger partial charge in [0.15, 0.2) is 0 Å². The number of halogens is 1. The summed E-state index contributed by atoms with van der Waals surface area (Å²) in [6.45, 7) is 4.11. The van der Waals surface area contributed by atoms with Gasteiger partial charge >= 0.3 is 0 Å². The molecule has 2 aromatic heterocycles. The molecule has 0 N–H and O–H groups in total. The fraction of sp³-hybridized carbons (Fsp3) is 0.273. The van der Waals surface area contributed by atoms with Crippen molar-refractivity contribution in [3.05, 3.63) is 36.7 Å². The summed E-state index contributed by atoms with van der Waals surface area (Å²) in [4.78, 5) is 8.02. The molecule has 3 nitrogen and oxygen atoms in total. The summed E-state index contributed by atoms with van der Waals surface area (Å²) in [7, 11) is 0. The second-order valence-corrected chi connectivity index (χ2v) is 3.64. The zero-order chi connectivity index (χ0) is 10.8. The van der Waals surface area contributed by atoms with Gasteiger partial charge in [-0.3, -0.25) is 4.98 Å². The summed E-state index contributed by atoms with van der Waals surface area (Å²) >= 11 is 0. The summed E-state index contributed by atoms with van der Waals surface area (Å²) < 4.78 is 15.0. The maximum Gasteiger partial charge on any atom is 0.142 e. The van der Waals surface area contributed by atoms with Crippen LogP contribution in [0.5, 0.6) is 0 Å². The molecule has 4 heteroatoms. The lowest BCUT2D eigenvalue weighted by Crippen LogP contribution is -2.02. The van der Waals surface area contributed by atoms with Crippen molar-refractivity contribution in [2.24, 2.45) is 0 Å². The van der Waals surface area contributed by atoms with Crippen LogP contribution in [0.25, 0.3) is 11.4 Å². The van der Waals surface area contributed by atoms with Crippen molar-refractivity contribution in [3.8, 4) is 11.4 Å². The Morgan fingerprint density at radius 2 is 2.13 bits per heavy atom. The van der Waals surface area contributed by atoms with Gasteiger partial charge in [0.05, 0.1) is 6.20 Å². The Morgan fingerprint density at radius 3 is 2.80 bits per heavy atom. The normalized spacial score (nSPS) is 10.9. The molecule has 78 valence electrons. The van der Waals surface area contributed by atoms with Gasteiger partial charge in [-0.15, -0.1) is 0 Å². The fourth-order valence-corrected chi connectivity index (χ4v) is 1.49. The number of pyridine rings is 1. The Morgan fingerprint density at radius 1 is 1.33 bits per heavy atom. The maximum absolute atomic E-state index is 13.0. The molecule has 2 rings (SSSR count). The van der Waals surface area contributed by atoms with Crippen LogP contribution in [-0.2, 0) is 0 Å². The number of rotatable bonds is 2. The minimum absolute atomic E-state index is 0.297. The molecule has 0 fully saturated rings. The molecule has 2 heterocycles. The van der Waals surface area contributed by atoms with Crippen LogP contribution in [0, 0.1) is 5.82 Å². The van der Waals surface area contributed by atoms with Crippen molar-refractivity contribution in [2.45, 2.75) is 19.9 Å². The minimum atomic E-state index is -0.342. The molecule has 0 saturated heterocycles. The van der Waals surface area contributed by atoms with Gasteiger partial charge in [-0.25, -0.2) is 9.37 Å². The second kappa shape index (κ2) is 3.81. The SMILES string of the molecule is CC(C)n1ccnc1-c1cncc(F)c1. The molecular formula is C11H12FN3. The van der Waals surface area contributed by atoms with Gasteiger partial charge in [0.1, 0.15) is 11.6 Å². The number of hydrogen-bond donors (Lipinski definition) is 0. The van der Waals surface area contributed by atoms with Crippen molar-refractivity contribution in [2.75, 3.05) is 0 Å². The highest BCUT2D eigenvalue weighted by Gasteiger charge is 2.08. The molecule has 2 aromatic rings. The average molecular weight is 205 g/mol. The van der Waals surface area contributed by atoms with Gasteiger partial charge in [0.25, 0.3) is 0 Å². The standard InChI is InChI=1S/C11H12FN3/c1-8(2)15-4-3-14-11(15)9-5-10(12)7-13-6-9/h3-8H,1-2H3. The van der Waals surface area contributed by atoms with Gasteiger partial charge in [-0.1, -0.05) is 0 Å². The number of hydrogen-bond acceptors (Lipinski definition) is 2. The van der Waals surface area contributed by atoms with Crippen LogP contribution in [-0.4, -0.2) is 14.5 Å². The van der Waals surface area contributed by atoms with E-state index in [0.717, 1.165) is 5.82 Å². The van der Waals surface area contributed by atoms with Crippen LogP contribution >= 0.6 is 0 Å². The van der Waals surface area contributed by atoms with Crippen LogP contribution in [0.2, 0.25) is 0 Å². The van der Waals surface area contributed by atoms with Crippen molar-refractivity contribution in [1.29, 1.82) is 0 Å². The number of imidazole rings is 1. The van der Waals surface area contributed by atoms with E-state index in [0.29, 0.717) is 11.6 Å². The molecular weight excluding hydrogens is 193 g/mol. The van der Waals surface area contributed by atoms with Crippen molar-refractivity contribution in [3.63, 3.8) is 0 Å². The van der Waals surface area contributed by atoms with Crippen molar-refractivity contribution in [1.82, 2.24) is 14.5 Å². The molecule has 0 unspecified atom stereocenters. The van der Waals surface area contributed by atoms with E-state index in [-0.39, 0.29) is 5.82 Å². The van der Waals surface area contributed by atoms with Gasteiger partial charge in [0, 0.05) is 30.2 Å². The third kappa shape index (κ3) is 1.88. The van der Waals surface area contributed by atoms with E-state index in [4.69, 9.17) is 0 Å². The first-order valence-corrected chi connectivity index (χ1v) is 4.82. The molecule has 0 spiro atoms. The van der Waals surface area contributed by atoms with Crippen LogP contribution < -0.4 is 0 Å². The van der Waals surface area contributed by atoms with Gasteiger partial charge < -0.3 is 4.57 Å². The Bertz CT molecular complexity index is 462. The highest BCUT2D eigenvalue weighted by molar-refractivity contribution is 5.53. The van der Waals surface area contributed by atoms with Crippen LogP contribution in [0.4, 0.5) is 4.39 Å². The Labute approximate surface area is 87.6 Å². The molecule has 15 heavy (non-hydrogen) atoms. The lowest BCUT2D eigenvalue weighted by atomic mass is 10.2. The fourth-order valence-electron chi connectivity index (χ4n) is 1.49. The van der Waals surface area contributed by atoms with Crippen LogP contribution in [0.3, 0.4) is 0 Å². The molecule has 0 radical (unpaired) electrons. The zero-order valence-corrected chi connectivity index (χ0v) is 8.68. The van der Waals surface area contributed by atoms with E-state index in [1.807, 2.05) is 10.8 Å². The van der Waals surface area contributed by atoms with E-state index in [9.17, 15) is 4.39 Å². The molecule has 0 aromatic carbocycles. The Hall–Kier alpha value is -1.71. The maximum atomic E-state index is 13.0. The van der Waals surface area contributed by atoms with E-state index in [1.54, 1.807) is 12.4 Å². The summed E-state index contributed by atoms with van der Waals surface area (Å²) in [5.74, 6) is 0.405. The average Bonchev–Trinajstić information content (AvgIpc) is 2.65. The third-order valence-electron chi connectivity index (χ3n) is 2.19. The molecule has 0 bridgehead atoms. The van der Waals surface area contributed by atoms with Crippen LogP contribution in [0.1, 0.15) is 19.9 Å². The Balaban J connectivity index is 2.49. The molecule has 0 saturated carbocycles. The number of nitrogens with zero attached hydrogens (tertiary/aromatic N) is 3. The van der Waals surface area contributed by atoms with Crippen LogP contribution in [0.15, 0.2) is 30.9 Å². The quantitative estimate of drug-likeness (QED) is 0.754. The third-order valence-corrected chi connectivity index (χ3v) is 2.19. The van der Waals surface area contributed by atoms with E-state index >= 15 is 0 Å². The first-order valence-electron chi connectivity index (χ1n) is 4.82. The van der Waals surface area contributed by atoms with Gasteiger partial charge in [0.2, 0.25) is 0 Å². The molecule has 0 amide bonds. The predicted octanol–water partition coefficient (Wildman–Crippen LogP) is 2.67. The monoisotopic (exact) mass is 205 g/mol. The highest BCUT2D eigenvalue weighted by Crippen LogP contribution is 2.20. The summed E-state index contributed by atoms with van der Waals surface area (Å²) in [6, 6.07) is 1.74. The molecule has 0 aliphatic heterocycles. The summed E-state index contributed by atoms with van der Waals surface area (Å²) in [5, 5.41) is 0.